The fourth-order valence-corrected chi connectivity index (χ4v) is 3.11. The number of benzene rings is 1. The van der Waals surface area contributed by atoms with E-state index >= 15 is 0 Å². The van der Waals surface area contributed by atoms with Gasteiger partial charge in [-0.05, 0) is 37.5 Å². The van der Waals surface area contributed by atoms with Gasteiger partial charge < -0.3 is 9.88 Å². The first-order valence-electron chi connectivity index (χ1n) is 7.34. The monoisotopic (exact) mass is 307 g/mol. The van der Waals surface area contributed by atoms with E-state index in [0.29, 0.717) is 5.92 Å². The molecule has 3 nitrogen and oxygen atoms in total. The highest BCUT2D eigenvalue weighted by molar-refractivity contribution is 6.30. The van der Waals surface area contributed by atoms with E-state index in [1.807, 2.05) is 12.4 Å². The van der Waals surface area contributed by atoms with E-state index in [-0.39, 0.29) is 16.9 Å². The fourth-order valence-electron chi connectivity index (χ4n) is 2.92. The molecule has 0 saturated heterocycles. The minimum atomic E-state index is -0.373. The molecule has 1 aromatic carbocycles. The molecule has 5 heteroatoms. The van der Waals surface area contributed by atoms with Crippen LogP contribution in [0.5, 0.6) is 0 Å². The van der Waals surface area contributed by atoms with Gasteiger partial charge in [0.05, 0.1) is 5.02 Å². The van der Waals surface area contributed by atoms with Crippen LogP contribution in [0.3, 0.4) is 0 Å². The molecule has 2 heterocycles. The molecular formula is C16H19ClFN3. The third kappa shape index (κ3) is 3.11. The molecule has 0 saturated carbocycles. The molecule has 1 aliphatic rings. The molecule has 0 amide bonds. The lowest BCUT2D eigenvalue weighted by molar-refractivity contribution is 0.408. The van der Waals surface area contributed by atoms with Crippen molar-refractivity contribution in [3.63, 3.8) is 0 Å². The van der Waals surface area contributed by atoms with Crippen molar-refractivity contribution in [3.8, 4) is 0 Å². The third-order valence-electron chi connectivity index (χ3n) is 4.18. The maximum Gasteiger partial charge on any atom is 0.141 e. The van der Waals surface area contributed by atoms with Crippen LogP contribution in [0, 0.1) is 5.82 Å². The number of aromatic nitrogens is 2. The van der Waals surface area contributed by atoms with Crippen molar-refractivity contribution < 1.29 is 4.39 Å². The zero-order chi connectivity index (χ0) is 14.8. The number of rotatable bonds is 4. The summed E-state index contributed by atoms with van der Waals surface area (Å²) in [6.07, 6.45) is 6.26. The van der Waals surface area contributed by atoms with Crippen molar-refractivity contribution in [2.45, 2.75) is 38.3 Å². The molecule has 1 aliphatic heterocycles. The summed E-state index contributed by atoms with van der Waals surface area (Å²) in [6, 6.07) is 5.02. The van der Waals surface area contributed by atoms with E-state index in [1.54, 1.807) is 12.1 Å². The van der Waals surface area contributed by atoms with Crippen molar-refractivity contribution in [2.75, 3.05) is 6.54 Å². The van der Waals surface area contributed by atoms with Crippen LogP contribution >= 0.6 is 11.6 Å². The summed E-state index contributed by atoms with van der Waals surface area (Å²) in [7, 11) is 0. The highest BCUT2D eigenvalue weighted by Gasteiger charge is 2.21. The maximum absolute atomic E-state index is 13.2. The topological polar surface area (TPSA) is 29.9 Å². The van der Waals surface area contributed by atoms with Crippen LogP contribution in [0.4, 0.5) is 4.39 Å². The van der Waals surface area contributed by atoms with E-state index in [9.17, 15) is 4.39 Å². The summed E-state index contributed by atoms with van der Waals surface area (Å²) in [5.41, 5.74) is 1.00. The SMILES string of the molecule is C[C@H](NC[C@H]1CCCn2ccnc21)c1ccc(F)c(Cl)c1. The van der Waals surface area contributed by atoms with Crippen LogP contribution in [0.15, 0.2) is 30.6 Å². The molecule has 0 fully saturated rings. The van der Waals surface area contributed by atoms with Crippen molar-refractivity contribution in [1.82, 2.24) is 14.9 Å². The standard InChI is InChI=1S/C16H19ClFN3/c1-11(12-4-5-15(18)14(17)9-12)20-10-13-3-2-7-21-8-6-19-16(13)21/h4-6,8-9,11,13,20H,2-3,7,10H2,1H3/t11-,13+/m0/s1. The summed E-state index contributed by atoms with van der Waals surface area (Å²) in [6.45, 7) is 4.00. The number of aryl methyl sites for hydroxylation is 1. The molecule has 0 spiro atoms. The Balaban J connectivity index is 1.64. The first-order chi connectivity index (χ1) is 10.1. The number of hydrogen-bond donors (Lipinski definition) is 1. The highest BCUT2D eigenvalue weighted by atomic mass is 35.5. The Morgan fingerprint density at radius 2 is 2.38 bits per heavy atom. The zero-order valence-corrected chi connectivity index (χ0v) is 12.8. The summed E-state index contributed by atoms with van der Waals surface area (Å²) in [4.78, 5) is 4.47. The lowest BCUT2D eigenvalue weighted by atomic mass is 9.98. The average molecular weight is 308 g/mol. The summed E-state index contributed by atoms with van der Waals surface area (Å²) in [5.74, 6) is 1.23. The Kier molecular flexibility index (Phi) is 4.27. The van der Waals surface area contributed by atoms with Gasteiger partial charge in [0, 0.05) is 37.4 Å². The average Bonchev–Trinajstić information content (AvgIpc) is 2.96. The van der Waals surface area contributed by atoms with E-state index in [4.69, 9.17) is 11.6 Å². The van der Waals surface area contributed by atoms with E-state index in [1.165, 1.54) is 12.5 Å². The Labute approximate surface area is 129 Å². The number of nitrogens with one attached hydrogen (secondary N) is 1. The molecule has 2 atom stereocenters. The normalized spacial score (nSPS) is 19.3. The minimum absolute atomic E-state index is 0.133. The molecule has 0 bridgehead atoms. The van der Waals surface area contributed by atoms with Crippen molar-refractivity contribution in [3.05, 3.63) is 52.8 Å². The van der Waals surface area contributed by atoms with Gasteiger partial charge in [-0.25, -0.2) is 9.37 Å². The molecule has 2 aromatic rings. The summed E-state index contributed by atoms with van der Waals surface area (Å²) >= 11 is 5.84. The predicted octanol–water partition coefficient (Wildman–Crippen LogP) is 3.90. The van der Waals surface area contributed by atoms with Gasteiger partial charge >= 0.3 is 0 Å². The molecule has 1 aromatic heterocycles. The van der Waals surface area contributed by atoms with Crippen molar-refractivity contribution in [2.24, 2.45) is 0 Å². The Morgan fingerprint density at radius 3 is 3.19 bits per heavy atom. The summed E-state index contributed by atoms with van der Waals surface area (Å²) in [5, 5.41) is 3.69. The van der Waals surface area contributed by atoms with Crippen LogP contribution in [0.25, 0.3) is 0 Å². The molecule has 0 radical (unpaired) electrons. The van der Waals surface area contributed by atoms with Gasteiger partial charge in [-0.3, -0.25) is 0 Å². The Hall–Kier alpha value is -1.39. The minimum Gasteiger partial charge on any atom is -0.335 e. The second-order valence-corrected chi connectivity index (χ2v) is 6.03. The van der Waals surface area contributed by atoms with E-state index in [0.717, 1.165) is 30.9 Å². The number of halogens is 2. The number of imidazole rings is 1. The molecular weight excluding hydrogens is 289 g/mol. The van der Waals surface area contributed by atoms with Gasteiger partial charge in [0.1, 0.15) is 11.6 Å². The lowest BCUT2D eigenvalue weighted by Gasteiger charge is -2.25. The van der Waals surface area contributed by atoms with Gasteiger partial charge in [0.2, 0.25) is 0 Å². The number of fused-ring (bicyclic) bond motifs is 1. The molecule has 3 rings (SSSR count). The zero-order valence-electron chi connectivity index (χ0n) is 12.0. The molecule has 0 unspecified atom stereocenters. The van der Waals surface area contributed by atoms with Crippen molar-refractivity contribution >= 4 is 11.6 Å². The lowest BCUT2D eigenvalue weighted by Crippen LogP contribution is -2.28. The molecule has 1 N–H and O–H groups in total. The first-order valence-corrected chi connectivity index (χ1v) is 7.72. The quantitative estimate of drug-likeness (QED) is 0.928. The van der Waals surface area contributed by atoms with Crippen LogP contribution in [-0.2, 0) is 6.54 Å². The Morgan fingerprint density at radius 1 is 1.52 bits per heavy atom. The van der Waals surface area contributed by atoms with Crippen LogP contribution < -0.4 is 5.32 Å². The van der Waals surface area contributed by atoms with Gasteiger partial charge in [0.15, 0.2) is 0 Å². The van der Waals surface area contributed by atoms with Crippen molar-refractivity contribution in [1.29, 1.82) is 0 Å². The van der Waals surface area contributed by atoms with Gasteiger partial charge in [0.25, 0.3) is 0 Å². The molecule has 112 valence electrons. The van der Waals surface area contributed by atoms with Crippen LogP contribution in [-0.4, -0.2) is 16.1 Å². The fraction of sp³-hybridized carbons (Fsp3) is 0.438. The smallest absolute Gasteiger partial charge is 0.141 e. The largest absolute Gasteiger partial charge is 0.335 e. The predicted molar refractivity (Wildman–Crippen MR) is 82.0 cm³/mol. The third-order valence-corrected chi connectivity index (χ3v) is 4.47. The highest BCUT2D eigenvalue weighted by Crippen LogP contribution is 2.26. The molecule has 0 aliphatic carbocycles. The van der Waals surface area contributed by atoms with Crippen LogP contribution in [0.2, 0.25) is 5.02 Å². The number of hydrogen-bond acceptors (Lipinski definition) is 2. The second-order valence-electron chi connectivity index (χ2n) is 5.62. The van der Waals surface area contributed by atoms with Gasteiger partial charge in [-0.15, -0.1) is 0 Å². The van der Waals surface area contributed by atoms with E-state index < -0.39 is 0 Å². The second kappa shape index (κ2) is 6.16. The summed E-state index contributed by atoms with van der Waals surface area (Å²) < 4.78 is 15.4. The molecule has 21 heavy (non-hydrogen) atoms. The Bertz CT molecular complexity index is 626. The van der Waals surface area contributed by atoms with E-state index in [2.05, 4.69) is 21.8 Å². The van der Waals surface area contributed by atoms with Gasteiger partial charge in [-0.2, -0.15) is 0 Å². The number of nitrogens with zero attached hydrogens (tertiary/aromatic N) is 2. The van der Waals surface area contributed by atoms with Gasteiger partial charge in [-0.1, -0.05) is 17.7 Å². The maximum atomic E-state index is 13.2. The van der Waals surface area contributed by atoms with Crippen LogP contribution in [0.1, 0.15) is 43.1 Å². The first kappa shape index (κ1) is 14.5.